The summed E-state index contributed by atoms with van der Waals surface area (Å²) in [6, 6.07) is 3.88. The summed E-state index contributed by atoms with van der Waals surface area (Å²) in [5, 5.41) is 3.27. The number of nitrogens with one attached hydrogen (secondary N) is 1. The van der Waals surface area contributed by atoms with Gasteiger partial charge < -0.3 is 5.32 Å². The molecule has 1 aromatic carbocycles. The molecule has 1 fully saturated rings. The SMILES string of the molecule is CC(C)(C)[C@@H](c1c(F)cccc1F)N1CCNCC1.Cl.Cl. The van der Waals surface area contributed by atoms with Crippen LogP contribution in [-0.4, -0.2) is 31.1 Å². The Morgan fingerprint density at radius 2 is 1.52 bits per heavy atom. The predicted octanol–water partition coefficient (Wildman–Crippen LogP) is 3.80. The molecule has 0 saturated carbocycles. The fourth-order valence-electron chi connectivity index (χ4n) is 2.88. The first kappa shape index (κ1) is 20.6. The van der Waals surface area contributed by atoms with Gasteiger partial charge in [-0.25, -0.2) is 8.78 Å². The lowest BCUT2D eigenvalue weighted by molar-refractivity contribution is 0.0804. The van der Waals surface area contributed by atoms with Gasteiger partial charge in [-0.1, -0.05) is 26.8 Å². The van der Waals surface area contributed by atoms with Crippen molar-refractivity contribution in [2.45, 2.75) is 26.8 Å². The summed E-state index contributed by atoms with van der Waals surface area (Å²) in [7, 11) is 0. The maximum Gasteiger partial charge on any atom is 0.130 e. The van der Waals surface area contributed by atoms with Crippen molar-refractivity contribution in [3.8, 4) is 0 Å². The van der Waals surface area contributed by atoms with E-state index in [2.05, 4.69) is 10.2 Å². The largest absolute Gasteiger partial charge is 0.314 e. The quantitative estimate of drug-likeness (QED) is 0.880. The van der Waals surface area contributed by atoms with Crippen molar-refractivity contribution >= 4 is 24.8 Å². The average molecular weight is 341 g/mol. The summed E-state index contributed by atoms with van der Waals surface area (Å²) in [5.74, 6) is -0.892. The highest BCUT2D eigenvalue weighted by Crippen LogP contribution is 2.40. The maximum atomic E-state index is 14.1. The third-order valence-corrected chi connectivity index (χ3v) is 3.61. The Morgan fingerprint density at radius 3 is 1.95 bits per heavy atom. The zero-order valence-corrected chi connectivity index (χ0v) is 14.3. The van der Waals surface area contributed by atoms with Crippen molar-refractivity contribution in [1.82, 2.24) is 10.2 Å². The number of nitrogens with zero attached hydrogens (tertiary/aromatic N) is 1. The number of benzene rings is 1. The fraction of sp³-hybridized carbons (Fsp3) is 0.600. The van der Waals surface area contributed by atoms with E-state index in [9.17, 15) is 8.78 Å². The van der Waals surface area contributed by atoms with E-state index >= 15 is 0 Å². The second-order valence-corrected chi connectivity index (χ2v) is 6.19. The van der Waals surface area contributed by atoms with Crippen molar-refractivity contribution in [3.63, 3.8) is 0 Å². The first-order valence-corrected chi connectivity index (χ1v) is 6.80. The monoisotopic (exact) mass is 340 g/mol. The second-order valence-electron chi connectivity index (χ2n) is 6.19. The third kappa shape index (κ3) is 4.78. The predicted molar refractivity (Wildman–Crippen MR) is 87.5 cm³/mol. The minimum atomic E-state index is -0.446. The van der Waals surface area contributed by atoms with Gasteiger partial charge in [0.1, 0.15) is 11.6 Å². The Labute approximate surface area is 138 Å². The lowest BCUT2D eigenvalue weighted by Crippen LogP contribution is -2.48. The van der Waals surface area contributed by atoms with Crippen LogP contribution in [0.1, 0.15) is 32.4 Å². The van der Waals surface area contributed by atoms with E-state index < -0.39 is 11.6 Å². The van der Waals surface area contributed by atoms with Gasteiger partial charge >= 0.3 is 0 Å². The van der Waals surface area contributed by atoms with Gasteiger partial charge in [0.15, 0.2) is 0 Å². The minimum absolute atomic E-state index is 0. The molecule has 0 spiro atoms. The number of piperazine rings is 1. The summed E-state index contributed by atoms with van der Waals surface area (Å²) in [6.45, 7) is 9.46. The summed E-state index contributed by atoms with van der Waals surface area (Å²) in [6.07, 6.45) is 0. The Morgan fingerprint density at radius 1 is 1.05 bits per heavy atom. The van der Waals surface area contributed by atoms with Crippen LogP contribution in [0.15, 0.2) is 18.2 Å². The van der Waals surface area contributed by atoms with Crippen LogP contribution in [0.4, 0.5) is 8.78 Å². The van der Waals surface area contributed by atoms with Crippen molar-refractivity contribution in [2.24, 2.45) is 5.41 Å². The van der Waals surface area contributed by atoms with Crippen molar-refractivity contribution < 1.29 is 8.78 Å². The van der Waals surface area contributed by atoms with E-state index in [4.69, 9.17) is 0 Å². The molecule has 1 saturated heterocycles. The van der Waals surface area contributed by atoms with Crippen LogP contribution >= 0.6 is 24.8 Å². The number of halogens is 4. The molecule has 1 N–H and O–H groups in total. The van der Waals surface area contributed by atoms with E-state index in [0.29, 0.717) is 0 Å². The Kier molecular flexibility index (Phi) is 8.11. The molecule has 2 rings (SSSR count). The Bertz CT molecular complexity index is 424. The van der Waals surface area contributed by atoms with Crippen LogP contribution in [0, 0.1) is 17.0 Å². The van der Waals surface area contributed by atoms with Gasteiger partial charge in [0.2, 0.25) is 0 Å². The van der Waals surface area contributed by atoms with Gasteiger partial charge in [-0.2, -0.15) is 0 Å². The van der Waals surface area contributed by atoms with Gasteiger partial charge in [0.05, 0.1) is 0 Å². The molecule has 1 atom stereocenters. The summed E-state index contributed by atoms with van der Waals surface area (Å²) in [5.41, 5.74) is -0.0164. The molecule has 1 heterocycles. The van der Waals surface area contributed by atoms with E-state index in [0.717, 1.165) is 26.2 Å². The molecule has 0 bridgehead atoms. The van der Waals surface area contributed by atoms with E-state index in [1.165, 1.54) is 18.2 Å². The topological polar surface area (TPSA) is 15.3 Å². The molecule has 0 aromatic heterocycles. The smallest absolute Gasteiger partial charge is 0.130 e. The average Bonchev–Trinajstić information content (AvgIpc) is 2.33. The standard InChI is InChI=1S/C15H22F2N2.2ClH/c1-15(2,3)14(19-9-7-18-8-10-19)13-11(16)5-4-6-12(13)17;;/h4-6,14,18H,7-10H2,1-3H3;2*1H/t14-;;/m1../s1. The molecule has 2 nitrogen and oxygen atoms in total. The number of rotatable bonds is 2. The van der Waals surface area contributed by atoms with Gasteiger partial charge in [0.25, 0.3) is 0 Å². The molecule has 1 aliphatic heterocycles. The lowest BCUT2D eigenvalue weighted by Gasteiger charge is -2.42. The van der Waals surface area contributed by atoms with Crippen LogP contribution in [0.2, 0.25) is 0 Å². The molecule has 122 valence electrons. The van der Waals surface area contributed by atoms with Gasteiger partial charge in [-0.3, -0.25) is 4.90 Å². The molecule has 6 heteroatoms. The minimum Gasteiger partial charge on any atom is -0.314 e. The molecule has 0 unspecified atom stereocenters. The number of hydrogen-bond donors (Lipinski definition) is 1. The summed E-state index contributed by atoms with van der Waals surface area (Å²) < 4.78 is 28.2. The highest BCUT2D eigenvalue weighted by Gasteiger charge is 2.36. The van der Waals surface area contributed by atoms with Crippen LogP contribution in [0.5, 0.6) is 0 Å². The lowest BCUT2D eigenvalue weighted by atomic mass is 9.80. The van der Waals surface area contributed by atoms with E-state index in [1.807, 2.05) is 20.8 Å². The zero-order valence-electron chi connectivity index (χ0n) is 12.7. The van der Waals surface area contributed by atoms with Crippen molar-refractivity contribution in [3.05, 3.63) is 35.4 Å². The van der Waals surface area contributed by atoms with Gasteiger partial charge in [-0.15, -0.1) is 24.8 Å². The fourth-order valence-corrected chi connectivity index (χ4v) is 2.88. The van der Waals surface area contributed by atoms with Crippen LogP contribution in [0.3, 0.4) is 0 Å². The van der Waals surface area contributed by atoms with Gasteiger partial charge in [-0.05, 0) is 17.5 Å². The molecule has 0 radical (unpaired) electrons. The van der Waals surface area contributed by atoms with Gasteiger partial charge in [0, 0.05) is 37.8 Å². The summed E-state index contributed by atoms with van der Waals surface area (Å²) in [4.78, 5) is 2.18. The first-order chi connectivity index (χ1) is 8.91. The highest BCUT2D eigenvalue weighted by atomic mass is 35.5. The number of hydrogen-bond acceptors (Lipinski definition) is 2. The molecule has 0 amide bonds. The van der Waals surface area contributed by atoms with Crippen LogP contribution < -0.4 is 5.32 Å². The normalized spacial score (nSPS) is 17.6. The van der Waals surface area contributed by atoms with Crippen molar-refractivity contribution in [2.75, 3.05) is 26.2 Å². The molecule has 21 heavy (non-hydrogen) atoms. The van der Waals surface area contributed by atoms with Crippen LogP contribution in [0.25, 0.3) is 0 Å². The molecular formula is C15H24Cl2F2N2. The molecule has 0 aliphatic carbocycles. The van der Waals surface area contributed by atoms with Crippen LogP contribution in [-0.2, 0) is 0 Å². The maximum absolute atomic E-state index is 14.1. The molecule has 1 aromatic rings. The molecular weight excluding hydrogens is 317 g/mol. The molecule has 1 aliphatic rings. The first-order valence-electron chi connectivity index (χ1n) is 6.80. The Balaban J connectivity index is 0.00000200. The summed E-state index contributed by atoms with van der Waals surface area (Å²) >= 11 is 0. The van der Waals surface area contributed by atoms with Crippen molar-refractivity contribution in [1.29, 1.82) is 0 Å². The third-order valence-electron chi connectivity index (χ3n) is 3.61. The van der Waals surface area contributed by atoms with E-state index in [1.54, 1.807) is 0 Å². The highest BCUT2D eigenvalue weighted by molar-refractivity contribution is 5.85. The second kappa shape index (κ2) is 8.28. The zero-order chi connectivity index (χ0) is 14.0. The van der Waals surface area contributed by atoms with E-state index in [-0.39, 0.29) is 41.8 Å². The Hall–Kier alpha value is -0.420.